The Morgan fingerprint density at radius 3 is 1.85 bits per heavy atom. The van der Waals surface area contributed by atoms with Gasteiger partial charge in [0, 0.05) is 21.6 Å². The molecule has 12 rings (SSSR count). The predicted octanol–water partition coefficient (Wildman–Crippen LogP) is 15.0. The second-order valence-corrected chi connectivity index (χ2v) is 21.5. The van der Waals surface area contributed by atoms with Gasteiger partial charge in [-0.15, -0.1) is 0 Å². The Bertz CT molecular complexity index is 3630. The van der Waals surface area contributed by atoms with Gasteiger partial charge in [0.15, 0.2) is 0 Å². The lowest BCUT2D eigenvalue weighted by molar-refractivity contribution is 0.467. The molecule has 0 atom stereocenters. The second-order valence-electron chi connectivity index (χ2n) is 21.5. The maximum absolute atomic E-state index is 6.99. The van der Waals surface area contributed by atoms with E-state index in [1.54, 1.807) is 0 Å². The molecule has 2 aliphatic rings. The smallest absolute Gasteiger partial charge is 0.260 e. The van der Waals surface area contributed by atoms with Crippen molar-refractivity contribution in [3.8, 4) is 51.2 Å². The molecular formula is C61H55BN2O3. The van der Waals surface area contributed by atoms with Crippen LogP contribution in [0.1, 0.15) is 103 Å². The number of hydrogen-bond donors (Lipinski definition) is 0. The molecule has 2 aromatic heterocycles. The van der Waals surface area contributed by atoms with Gasteiger partial charge in [0.25, 0.3) is 6.71 Å². The van der Waals surface area contributed by atoms with E-state index in [-0.39, 0.29) is 17.5 Å². The molecule has 0 amide bonds. The first-order chi connectivity index (χ1) is 32.1. The van der Waals surface area contributed by atoms with Crippen LogP contribution in [-0.4, -0.2) is 16.3 Å². The number of hydrogen-bond acceptors (Lipinski definition) is 4. The van der Waals surface area contributed by atoms with E-state index < -0.39 is 0 Å². The molecular weight excluding hydrogens is 819 g/mol. The minimum Gasteiger partial charge on any atom is -0.458 e. The summed E-state index contributed by atoms with van der Waals surface area (Å²) in [5.41, 5.74) is 16.7. The van der Waals surface area contributed by atoms with Crippen molar-refractivity contribution in [2.45, 2.75) is 91.9 Å². The Morgan fingerprint density at radius 1 is 0.552 bits per heavy atom. The van der Waals surface area contributed by atoms with E-state index in [9.17, 15) is 0 Å². The average molecular weight is 875 g/mol. The summed E-state index contributed by atoms with van der Waals surface area (Å²) >= 11 is 0. The predicted molar refractivity (Wildman–Crippen MR) is 280 cm³/mol. The van der Waals surface area contributed by atoms with Gasteiger partial charge in [-0.2, -0.15) is 0 Å². The van der Waals surface area contributed by atoms with E-state index in [0.29, 0.717) is 11.8 Å². The van der Waals surface area contributed by atoms with E-state index in [1.165, 1.54) is 38.9 Å². The average Bonchev–Trinajstić information content (AvgIpc) is 3.88. The van der Waals surface area contributed by atoms with E-state index in [1.807, 2.05) is 0 Å². The van der Waals surface area contributed by atoms with Crippen LogP contribution < -0.4 is 25.9 Å². The number of para-hydroxylation sites is 4. The summed E-state index contributed by atoms with van der Waals surface area (Å²) in [6.45, 7) is 22.7. The van der Waals surface area contributed by atoms with E-state index >= 15 is 0 Å². The van der Waals surface area contributed by atoms with Crippen molar-refractivity contribution in [1.82, 2.24) is 9.55 Å². The number of benzene rings is 8. The third-order valence-corrected chi connectivity index (χ3v) is 14.4. The van der Waals surface area contributed by atoms with Crippen molar-refractivity contribution in [2.24, 2.45) is 0 Å². The van der Waals surface area contributed by atoms with Gasteiger partial charge in [-0.25, -0.2) is 4.98 Å². The summed E-state index contributed by atoms with van der Waals surface area (Å²) in [6.07, 6.45) is 0. The molecule has 0 bridgehead atoms. The monoisotopic (exact) mass is 874 g/mol. The maximum atomic E-state index is 6.99. The minimum atomic E-state index is -0.0230. The lowest BCUT2D eigenvalue weighted by atomic mass is 9.34. The Morgan fingerprint density at radius 2 is 1.18 bits per heavy atom. The van der Waals surface area contributed by atoms with Gasteiger partial charge >= 0.3 is 0 Å². The highest BCUT2D eigenvalue weighted by atomic mass is 16.5. The third kappa shape index (κ3) is 6.47. The number of furan rings is 1. The quantitative estimate of drug-likeness (QED) is 0.162. The van der Waals surface area contributed by atoms with Gasteiger partial charge in [-0.3, -0.25) is 4.57 Å². The third-order valence-electron chi connectivity index (χ3n) is 14.4. The van der Waals surface area contributed by atoms with Crippen LogP contribution >= 0.6 is 0 Å². The van der Waals surface area contributed by atoms with Crippen molar-refractivity contribution >= 4 is 66.8 Å². The SMILES string of the molecule is CC(C)c1cccc(C(C)C)c1-n1c(-c2cccc3c2oc2cc(-c4ccc5c6c7c(cc5c4)Oc4ccc(C(C)(C)C)cc4B7c4cc(C(C)(C)C)ccc4O6)ccc23)nc2ccccc21. The van der Waals surface area contributed by atoms with Crippen LogP contribution in [0.15, 0.2) is 144 Å². The van der Waals surface area contributed by atoms with Crippen LogP contribution in [-0.2, 0) is 10.8 Å². The summed E-state index contributed by atoms with van der Waals surface area (Å²) in [6, 6.07) is 50.7. The maximum Gasteiger partial charge on any atom is 0.260 e. The van der Waals surface area contributed by atoms with Gasteiger partial charge in [0.05, 0.1) is 22.3 Å². The normalized spacial score (nSPS) is 13.4. The number of ether oxygens (including phenoxy) is 2. The first-order valence-electron chi connectivity index (χ1n) is 23.9. The fourth-order valence-corrected chi connectivity index (χ4v) is 10.7. The number of aromatic nitrogens is 2. The van der Waals surface area contributed by atoms with Crippen molar-refractivity contribution < 1.29 is 13.9 Å². The van der Waals surface area contributed by atoms with Crippen molar-refractivity contribution in [3.05, 3.63) is 162 Å². The molecule has 0 unspecified atom stereocenters. The lowest BCUT2D eigenvalue weighted by Gasteiger charge is -2.35. The van der Waals surface area contributed by atoms with E-state index in [2.05, 4.69) is 213 Å². The van der Waals surface area contributed by atoms with Gasteiger partial charge in [-0.1, -0.05) is 154 Å². The molecule has 0 saturated carbocycles. The molecule has 330 valence electrons. The highest BCUT2D eigenvalue weighted by Crippen LogP contribution is 2.45. The molecule has 4 heterocycles. The zero-order valence-electron chi connectivity index (χ0n) is 40.1. The van der Waals surface area contributed by atoms with Crippen LogP contribution in [0, 0.1) is 0 Å². The fraction of sp³-hybridized carbons (Fsp3) is 0.230. The molecule has 67 heavy (non-hydrogen) atoms. The fourth-order valence-electron chi connectivity index (χ4n) is 10.7. The second kappa shape index (κ2) is 14.7. The number of rotatable bonds is 5. The molecule has 0 N–H and O–H groups in total. The molecule has 0 fully saturated rings. The molecule has 0 spiro atoms. The molecule has 0 aliphatic carbocycles. The first-order valence-corrected chi connectivity index (χ1v) is 23.9. The molecule has 8 aromatic carbocycles. The summed E-state index contributed by atoms with van der Waals surface area (Å²) in [5.74, 6) is 5.03. The van der Waals surface area contributed by atoms with Crippen molar-refractivity contribution in [3.63, 3.8) is 0 Å². The number of nitrogens with zero attached hydrogens (tertiary/aromatic N) is 2. The first kappa shape index (κ1) is 41.4. The Labute approximate surface area is 393 Å². The minimum absolute atomic E-state index is 0.0107. The topological polar surface area (TPSA) is 49.4 Å². The van der Waals surface area contributed by atoms with Gasteiger partial charge < -0.3 is 13.9 Å². The van der Waals surface area contributed by atoms with Crippen LogP contribution in [0.2, 0.25) is 0 Å². The summed E-state index contributed by atoms with van der Waals surface area (Å²) in [5, 5.41) is 4.26. The molecule has 10 aromatic rings. The van der Waals surface area contributed by atoms with Crippen LogP contribution in [0.3, 0.4) is 0 Å². The zero-order chi connectivity index (χ0) is 46.3. The molecule has 0 saturated heterocycles. The molecule has 0 radical (unpaired) electrons. The Kier molecular flexibility index (Phi) is 9.10. The van der Waals surface area contributed by atoms with Gasteiger partial charge in [-0.05, 0) is 127 Å². The molecule has 5 nitrogen and oxygen atoms in total. The standard InChI is InChI=1S/C61H55BN2O3/c1-34(2)41-15-13-16-42(35(3)4)56(41)64-50-20-12-11-19-49(50)63-59(64)46-18-14-17-45-44-26-22-37(30-53(44)67-57(45)46)36-21-25-43-38(29-36)31-54-55-58(43)66-52-28-24-40(61(8,9)10)33-48(52)62(55)47-32-39(60(5,6)7)23-27-51(47)65-54/h11-35H,1-10H3. The highest BCUT2D eigenvalue weighted by molar-refractivity contribution is 6.98. The van der Waals surface area contributed by atoms with Gasteiger partial charge in [0.2, 0.25) is 0 Å². The van der Waals surface area contributed by atoms with Crippen LogP contribution in [0.5, 0.6) is 23.0 Å². The van der Waals surface area contributed by atoms with Crippen LogP contribution in [0.4, 0.5) is 0 Å². The van der Waals surface area contributed by atoms with Crippen LogP contribution in [0.25, 0.3) is 71.9 Å². The summed E-state index contributed by atoms with van der Waals surface area (Å²) < 4.78 is 23.3. The Balaban J connectivity index is 0.994. The number of imidazole rings is 1. The zero-order valence-corrected chi connectivity index (χ0v) is 40.1. The summed E-state index contributed by atoms with van der Waals surface area (Å²) in [4.78, 5) is 5.36. The molecule has 2 aliphatic heterocycles. The van der Waals surface area contributed by atoms with Crippen molar-refractivity contribution in [2.75, 3.05) is 0 Å². The largest absolute Gasteiger partial charge is 0.458 e. The lowest BCUT2D eigenvalue weighted by Crippen LogP contribution is -2.57. The Hall–Kier alpha value is -7.05. The van der Waals surface area contributed by atoms with Crippen molar-refractivity contribution in [1.29, 1.82) is 0 Å². The number of fused-ring (bicyclic) bond motifs is 10. The van der Waals surface area contributed by atoms with E-state index in [0.717, 1.165) is 94.7 Å². The van der Waals surface area contributed by atoms with E-state index in [4.69, 9.17) is 18.9 Å². The summed E-state index contributed by atoms with van der Waals surface area (Å²) in [7, 11) is 0. The molecule has 6 heteroatoms. The van der Waals surface area contributed by atoms with Gasteiger partial charge in [0.1, 0.15) is 40.0 Å². The highest BCUT2D eigenvalue weighted by Gasteiger charge is 2.42.